The van der Waals surface area contributed by atoms with Crippen molar-refractivity contribution in [1.29, 1.82) is 0 Å². The van der Waals surface area contributed by atoms with E-state index in [-0.39, 0.29) is 0 Å². The molecule has 0 unspecified atom stereocenters. The van der Waals surface area contributed by atoms with Gasteiger partial charge < -0.3 is 0 Å². The first-order chi connectivity index (χ1) is 7.85. The molecule has 0 heterocycles. The molecule has 0 amide bonds. The molecule has 0 saturated heterocycles. The molecule has 0 aliphatic carbocycles. The molecule has 0 aromatic carbocycles. The lowest BCUT2D eigenvalue weighted by Crippen LogP contribution is -1.79. The van der Waals surface area contributed by atoms with Crippen LogP contribution in [0.4, 0.5) is 0 Å². The molecule has 82 valence electrons. The first-order valence-corrected chi connectivity index (χ1v) is 5.56. The van der Waals surface area contributed by atoms with Crippen molar-refractivity contribution in [2.75, 3.05) is 0 Å². The summed E-state index contributed by atoms with van der Waals surface area (Å²) in [6.07, 6.45) is 11.3. The number of terminal acetylenes is 1. The molecule has 0 aliphatic heterocycles. The van der Waals surface area contributed by atoms with E-state index in [1.807, 2.05) is 19.9 Å². The zero-order valence-corrected chi connectivity index (χ0v) is 10.2. The van der Waals surface area contributed by atoms with Crippen LogP contribution in [0.3, 0.4) is 0 Å². The Morgan fingerprint density at radius 3 is 2.69 bits per heavy atom. The summed E-state index contributed by atoms with van der Waals surface area (Å²) in [4.78, 5) is 0. The fraction of sp³-hybridized carbons (Fsp3) is 0.438. The maximum Gasteiger partial charge on any atom is 0.0375 e. The van der Waals surface area contributed by atoms with Crippen LogP contribution < -0.4 is 0 Å². The van der Waals surface area contributed by atoms with Crippen molar-refractivity contribution in [2.24, 2.45) is 0 Å². The van der Waals surface area contributed by atoms with E-state index in [1.165, 1.54) is 5.57 Å². The Kier molecular flexibility index (Phi) is 10.0. The molecule has 0 rings (SSSR count). The SMILES string of the molecule is C#CCCC(=C=CCC#CCC)CC#CC. The van der Waals surface area contributed by atoms with Crippen LogP contribution in [-0.4, -0.2) is 0 Å². The molecule has 16 heavy (non-hydrogen) atoms. The van der Waals surface area contributed by atoms with Gasteiger partial charge in [0.15, 0.2) is 0 Å². The summed E-state index contributed by atoms with van der Waals surface area (Å²) >= 11 is 0. The summed E-state index contributed by atoms with van der Waals surface area (Å²) in [5.74, 6) is 14.6. The summed E-state index contributed by atoms with van der Waals surface area (Å²) < 4.78 is 0. The minimum atomic E-state index is 0.752. The lowest BCUT2D eigenvalue weighted by Gasteiger charge is -1.95. The molecule has 0 nitrogen and oxygen atoms in total. The molecular formula is C16H18. The molecular weight excluding hydrogens is 192 g/mol. The molecule has 0 atom stereocenters. The second-order valence-corrected chi connectivity index (χ2v) is 3.17. The minimum absolute atomic E-state index is 0.752. The highest BCUT2D eigenvalue weighted by Crippen LogP contribution is 2.07. The van der Waals surface area contributed by atoms with Crippen LogP contribution in [0.15, 0.2) is 17.4 Å². The first kappa shape index (κ1) is 14.2. The summed E-state index contributed by atoms with van der Waals surface area (Å²) in [6.45, 7) is 3.89. The summed E-state index contributed by atoms with van der Waals surface area (Å²) in [6, 6.07) is 0. The van der Waals surface area contributed by atoms with E-state index >= 15 is 0 Å². The van der Waals surface area contributed by atoms with Crippen LogP contribution in [0.25, 0.3) is 0 Å². The quantitative estimate of drug-likeness (QED) is 0.490. The zero-order chi connectivity index (χ0) is 12.1. The lowest BCUT2D eigenvalue weighted by atomic mass is 10.1. The Bertz CT molecular complexity index is 401. The molecule has 0 aromatic rings. The van der Waals surface area contributed by atoms with Crippen LogP contribution in [0.1, 0.15) is 46.0 Å². The summed E-state index contributed by atoms with van der Waals surface area (Å²) in [5, 5.41) is 0. The van der Waals surface area contributed by atoms with Crippen molar-refractivity contribution in [3.8, 4) is 36.0 Å². The largest absolute Gasteiger partial charge is 0.124 e. The van der Waals surface area contributed by atoms with Crippen LogP contribution in [0.5, 0.6) is 0 Å². The minimum Gasteiger partial charge on any atom is -0.124 e. The molecule has 0 aliphatic rings. The lowest BCUT2D eigenvalue weighted by molar-refractivity contribution is 0.971. The summed E-state index contributed by atoms with van der Waals surface area (Å²) in [5.41, 5.74) is 4.41. The molecule has 0 heteroatoms. The molecule has 0 aromatic heterocycles. The Labute approximate surface area is 99.8 Å². The van der Waals surface area contributed by atoms with Gasteiger partial charge in [0, 0.05) is 25.7 Å². The van der Waals surface area contributed by atoms with E-state index in [2.05, 4.69) is 35.3 Å². The van der Waals surface area contributed by atoms with E-state index < -0.39 is 0 Å². The molecule has 0 radical (unpaired) electrons. The first-order valence-electron chi connectivity index (χ1n) is 5.56. The van der Waals surface area contributed by atoms with Crippen molar-refractivity contribution in [2.45, 2.75) is 46.0 Å². The van der Waals surface area contributed by atoms with Gasteiger partial charge in [-0.3, -0.25) is 0 Å². The summed E-state index contributed by atoms with van der Waals surface area (Å²) in [7, 11) is 0. The topological polar surface area (TPSA) is 0 Å². The van der Waals surface area contributed by atoms with Crippen molar-refractivity contribution in [3.63, 3.8) is 0 Å². The second kappa shape index (κ2) is 11.3. The highest BCUT2D eigenvalue weighted by atomic mass is 13.9. The van der Waals surface area contributed by atoms with Gasteiger partial charge in [0.1, 0.15) is 0 Å². The Balaban J connectivity index is 4.39. The van der Waals surface area contributed by atoms with Gasteiger partial charge in [0.25, 0.3) is 0 Å². The Hall–Kier alpha value is -1.80. The third-order valence-electron chi connectivity index (χ3n) is 1.86. The fourth-order valence-electron chi connectivity index (χ4n) is 1.07. The average molecular weight is 210 g/mol. The third kappa shape index (κ3) is 8.78. The molecule has 0 fully saturated rings. The van der Waals surface area contributed by atoms with Gasteiger partial charge in [-0.05, 0) is 25.0 Å². The number of rotatable bonds is 4. The fourth-order valence-corrected chi connectivity index (χ4v) is 1.07. The number of hydrogen-bond donors (Lipinski definition) is 0. The van der Waals surface area contributed by atoms with E-state index in [0.29, 0.717) is 0 Å². The predicted octanol–water partition coefficient (Wildman–Crippen LogP) is 3.70. The second-order valence-electron chi connectivity index (χ2n) is 3.17. The standard InChI is InChI=1S/C16H18/c1-4-7-10-11-12-15-16(13-8-5-2)14-9-6-3/h2,12H,4,8,11,13-14H2,1,3H3. The highest BCUT2D eigenvalue weighted by molar-refractivity contribution is 5.15. The van der Waals surface area contributed by atoms with Crippen LogP contribution in [-0.2, 0) is 0 Å². The van der Waals surface area contributed by atoms with Crippen molar-refractivity contribution in [3.05, 3.63) is 17.4 Å². The normalized spacial score (nSPS) is 7.31. The molecule has 0 N–H and O–H groups in total. The third-order valence-corrected chi connectivity index (χ3v) is 1.86. The van der Waals surface area contributed by atoms with Crippen molar-refractivity contribution in [1.82, 2.24) is 0 Å². The van der Waals surface area contributed by atoms with Crippen LogP contribution in [0, 0.1) is 36.0 Å². The van der Waals surface area contributed by atoms with Gasteiger partial charge in [0.2, 0.25) is 0 Å². The van der Waals surface area contributed by atoms with E-state index in [0.717, 1.165) is 32.1 Å². The maximum absolute atomic E-state index is 5.24. The van der Waals surface area contributed by atoms with Crippen LogP contribution in [0.2, 0.25) is 0 Å². The van der Waals surface area contributed by atoms with Crippen molar-refractivity contribution >= 4 is 0 Å². The Morgan fingerprint density at radius 2 is 2.06 bits per heavy atom. The van der Waals surface area contributed by atoms with Crippen molar-refractivity contribution < 1.29 is 0 Å². The molecule has 0 bridgehead atoms. The average Bonchev–Trinajstić information content (AvgIpc) is 2.31. The van der Waals surface area contributed by atoms with Crippen LogP contribution >= 0.6 is 0 Å². The maximum atomic E-state index is 5.24. The van der Waals surface area contributed by atoms with Gasteiger partial charge >= 0.3 is 0 Å². The monoisotopic (exact) mass is 210 g/mol. The number of allylic oxidation sites excluding steroid dienone is 1. The predicted molar refractivity (Wildman–Crippen MR) is 70.4 cm³/mol. The highest BCUT2D eigenvalue weighted by Gasteiger charge is 1.91. The van der Waals surface area contributed by atoms with Gasteiger partial charge in [-0.15, -0.1) is 29.9 Å². The van der Waals surface area contributed by atoms with Gasteiger partial charge in [-0.25, -0.2) is 0 Å². The van der Waals surface area contributed by atoms with Gasteiger partial charge in [-0.2, -0.15) is 0 Å². The van der Waals surface area contributed by atoms with E-state index in [9.17, 15) is 0 Å². The molecule has 0 saturated carbocycles. The van der Waals surface area contributed by atoms with Gasteiger partial charge in [0.05, 0.1) is 0 Å². The zero-order valence-electron chi connectivity index (χ0n) is 10.2. The number of hydrogen-bond acceptors (Lipinski definition) is 0. The van der Waals surface area contributed by atoms with E-state index in [1.54, 1.807) is 0 Å². The Morgan fingerprint density at radius 1 is 1.25 bits per heavy atom. The smallest absolute Gasteiger partial charge is 0.0375 e. The van der Waals surface area contributed by atoms with E-state index in [4.69, 9.17) is 6.42 Å². The van der Waals surface area contributed by atoms with Gasteiger partial charge in [-0.1, -0.05) is 18.8 Å². The molecule has 0 spiro atoms.